The maximum atomic E-state index is 12.5. The maximum Gasteiger partial charge on any atom is 0.321 e. The quantitative estimate of drug-likeness (QED) is 0.348. The van der Waals surface area contributed by atoms with Crippen molar-refractivity contribution in [2.24, 2.45) is 17.3 Å². The van der Waals surface area contributed by atoms with Gasteiger partial charge in [0, 0.05) is 0 Å². The molecule has 0 heterocycles. The van der Waals surface area contributed by atoms with Crippen LogP contribution in [0.3, 0.4) is 0 Å². The van der Waals surface area contributed by atoms with Crippen molar-refractivity contribution >= 4 is 17.9 Å². The molecule has 0 aromatic heterocycles. The molecule has 0 aromatic rings. The summed E-state index contributed by atoms with van der Waals surface area (Å²) in [6.07, 6.45) is 1.47. The molecule has 0 aliphatic rings. The number of hydrogen-bond donors (Lipinski definition) is 0. The summed E-state index contributed by atoms with van der Waals surface area (Å²) in [6, 6.07) is 0. The van der Waals surface area contributed by atoms with E-state index in [0.717, 1.165) is 6.42 Å². The zero-order valence-corrected chi connectivity index (χ0v) is 15.1. The number of hydrogen-bond acceptors (Lipinski definition) is 6. The van der Waals surface area contributed by atoms with Gasteiger partial charge in [-0.1, -0.05) is 27.2 Å². The van der Waals surface area contributed by atoms with Gasteiger partial charge in [0.25, 0.3) is 0 Å². The van der Waals surface area contributed by atoms with Crippen molar-refractivity contribution in [3.05, 3.63) is 0 Å². The Kier molecular flexibility index (Phi) is 9.53. The van der Waals surface area contributed by atoms with Crippen LogP contribution in [0.15, 0.2) is 0 Å². The Morgan fingerprint density at radius 3 is 1.52 bits per heavy atom. The molecule has 1 unspecified atom stereocenters. The van der Waals surface area contributed by atoms with Gasteiger partial charge >= 0.3 is 17.9 Å². The summed E-state index contributed by atoms with van der Waals surface area (Å²) in [6.45, 7) is 11.1. The Bertz CT molecular complexity index is 384. The molecule has 0 bridgehead atoms. The highest BCUT2D eigenvalue weighted by molar-refractivity contribution is 5.99. The van der Waals surface area contributed by atoms with E-state index in [9.17, 15) is 14.4 Å². The van der Waals surface area contributed by atoms with E-state index in [1.54, 1.807) is 20.8 Å². The summed E-state index contributed by atoms with van der Waals surface area (Å²) in [5.74, 6) is -4.31. The van der Waals surface area contributed by atoms with Gasteiger partial charge in [-0.05, 0) is 32.6 Å². The first-order valence-corrected chi connectivity index (χ1v) is 8.26. The minimum Gasteiger partial charge on any atom is -0.466 e. The zero-order chi connectivity index (χ0) is 18.0. The van der Waals surface area contributed by atoms with Crippen molar-refractivity contribution in [1.82, 2.24) is 0 Å². The minimum absolute atomic E-state index is 0.124. The van der Waals surface area contributed by atoms with Crippen molar-refractivity contribution in [3.63, 3.8) is 0 Å². The van der Waals surface area contributed by atoms with Crippen LogP contribution in [-0.4, -0.2) is 37.7 Å². The molecular formula is C17H30O6. The Morgan fingerprint density at radius 2 is 1.17 bits per heavy atom. The fourth-order valence-electron chi connectivity index (χ4n) is 2.77. The summed E-state index contributed by atoms with van der Waals surface area (Å²) in [5, 5.41) is 0. The van der Waals surface area contributed by atoms with E-state index in [4.69, 9.17) is 14.2 Å². The molecule has 0 radical (unpaired) electrons. The molecule has 0 aliphatic heterocycles. The Labute approximate surface area is 138 Å². The summed E-state index contributed by atoms with van der Waals surface area (Å²) in [7, 11) is 0. The van der Waals surface area contributed by atoms with Crippen LogP contribution in [0.5, 0.6) is 0 Å². The first kappa shape index (κ1) is 21.4. The lowest BCUT2D eigenvalue weighted by molar-refractivity contribution is -0.176. The Morgan fingerprint density at radius 1 is 0.783 bits per heavy atom. The van der Waals surface area contributed by atoms with Crippen LogP contribution in [0.4, 0.5) is 0 Å². The van der Waals surface area contributed by atoms with Gasteiger partial charge < -0.3 is 14.2 Å². The molecule has 0 saturated heterocycles. The van der Waals surface area contributed by atoms with Crippen LogP contribution >= 0.6 is 0 Å². The zero-order valence-electron chi connectivity index (χ0n) is 15.1. The monoisotopic (exact) mass is 330 g/mol. The van der Waals surface area contributed by atoms with Crippen molar-refractivity contribution in [3.8, 4) is 0 Å². The maximum absolute atomic E-state index is 12.5. The molecule has 6 nitrogen and oxygen atoms in total. The lowest BCUT2D eigenvalue weighted by Crippen LogP contribution is -2.46. The average Bonchev–Trinajstić information content (AvgIpc) is 2.44. The Balaban J connectivity index is 5.82. The van der Waals surface area contributed by atoms with E-state index in [-0.39, 0.29) is 19.8 Å². The molecule has 0 saturated carbocycles. The molecule has 23 heavy (non-hydrogen) atoms. The van der Waals surface area contributed by atoms with E-state index < -0.39 is 35.2 Å². The van der Waals surface area contributed by atoms with Gasteiger partial charge in [0.2, 0.25) is 0 Å². The normalized spacial score (nSPS) is 12.7. The van der Waals surface area contributed by atoms with Gasteiger partial charge in [0.1, 0.15) is 0 Å². The smallest absolute Gasteiger partial charge is 0.321 e. The third-order valence-corrected chi connectivity index (χ3v) is 3.69. The van der Waals surface area contributed by atoms with Crippen LogP contribution in [0.25, 0.3) is 0 Å². The number of rotatable bonds is 10. The highest BCUT2D eigenvalue weighted by atomic mass is 16.6. The largest absolute Gasteiger partial charge is 0.466 e. The Hall–Kier alpha value is -1.59. The molecule has 0 amide bonds. The summed E-state index contributed by atoms with van der Waals surface area (Å²) >= 11 is 0. The van der Waals surface area contributed by atoms with Crippen LogP contribution in [0, 0.1) is 17.3 Å². The number of carbonyl (C=O) groups is 3. The van der Waals surface area contributed by atoms with Crippen LogP contribution in [0.1, 0.15) is 54.4 Å². The molecule has 0 aliphatic carbocycles. The summed E-state index contributed by atoms with van der Waals surface area (Å²) < 4.78 is 15.1. The molecule has 0 rings (SSSR count). The standard InChI is InChI=1S/C17H30O6/c1-7-11-17(5,6)13(16(20)23-10-4)12(14(18)21-8-2)15(19)22-9-3/h12-13H,7-11H2,1-6H3. The molecular weight excluding hydrogens is 300 g/mol. The molecule has 0 N–H and O–H groups in total. The first-order valence-electron chi connectivity index (χ1n) is 8.26. The van der Waals surface area contributed by atoms with Gasteiger partial charge in [0.05, 0.1) is 25.7 Å². The number of carbonyl (C=O) groups excluding carboxylic acids is 3. The number of esters is 3. The highest BCUT2D eigenvalue weighted by Crippen LogP contribution is 2.39. The lowest BCUT2D eigenvalue weighted by atomic mass is 9.69. The molecule has 1 atom stereocenters. The molecule has 6 heteroatoms. The van der Waals surface area contributed by atoms with E-state index >= 15 is 0 Å². The highest BCUT2D eigenvalue weighted by Gasteiger charge is 2.49. The second-order valence-corrected chi connectivity index (χ2v) is 5.95. The third kappa shape index (κ3) is 6.20. The second-order valence-electron chi connectivity index (χ2n) is 5.95. The van der Waals surface area contributed by atoms with Crippen LogP contribution in [0.2, 0.25) is 0 Å². The van der Waals surface area contributed by atoms with Crippen molar-refractivity contribution < 1.29 is 28.6 Å². The van der Waals surface area contributed by atoms with Crippen molar-refractivity contribution in [1.29, 1.82) is 0 Å². The first-order chi connectivity index (χ1) is 10.8. The minimum atomic E-state index is -1.31. The molecule has 134 valence electrons. The number of ether oxygens (including phenoxy) is 3. The van der Waals surface area contributed by atoms with E-state index in [2.05, 4.69) is 0 Å². The van der Waals surface area contributed by atoms with Crippen LogP contribution < -0.4 is 0 Å². The second kappa shape index (κ2) is 10.2. The van der Waals surface area contributed by atoms with E-state index in [0.29, 0.717) is 6.42 Å². The molecule has 0 fully saturated rings. The average molecular weight is 330 g/mol. The fraction of sp³-hybridized carbons (Fsp3) is 0.824. The van der Waals surface area contributed by atoms with Gasteiger partial charge in [-0.25, -0.2) is 0 Å². The van der Waals surface area contributed by atoms with Crippen LogP contribution in [-0.2, 0) is 28.6 Å². The van der Waals surface area contributed by atoms with E-state index in [1.807, 2.05) is 20.8 Å². The van der Waals surface area contributed by atoms with Gasteiger partial charge in [-0.15, -0.1) is 0 Å². The van der Waals surface area contributed by atoms with Gasteiger partial charge in [-0.2, -0.15) is 0 Å². The van der Waals surface area contributed by atoms with Crippen molar-refractivity contribution in [2.45, 2.75) is 54.4 Å². The SMILES string of the molecule is CCCC(C)(C)C(C(=O)OCC)C(C(=O)OCC)C(=O)OCC. The third-order valence-electron chi connectivity index (χ3n) is 3.69. The fourth-order valence-corrected chi connectivity index (χ4v) is 2.77. The lowest BCUT2D eigenvalue weighted by Gasteiger charge is -2.35. The topological polar surface area (TPSA) is 78.9 Å². The molecule has 0 aromatic carbocycles. The predicted molar refractivity (Wildman–Crippen MR) is 85.6 cm³/mol. The predicted octanol–water partition coefficient (Wildman–Crippen LogP) is 2.73. The van der Waals surface area contributed by atoms with E-state index in [1.165, 1.54) is 0 Å². The van der Waals surface area contributed by atoms with Gasteiger partial charge in [-0.3, -0.25) is 14.4 Å². The summed E-state index contributed by atoms with van der Waals surface area (Å²) in [5.41, 5.74) is -0.606. The van der Waals surface area contributed by atoms with Crippen molar-refractivity contribution in [2.75, 3.05) is 19.8 Å². The van der Waals surface area contributed by atoms with Gasteiger partial charge in [0.15, 0.2) is 5.92 Å². The summed E-state index contributed by atoms with van der Waals surface area (Å²) in [4.78, 5) is 37.1. The molecule has 0 spiro atoms.